The van der Waals surface area contributed by atoms with Crippen LogP contribution in [0.3, 0.4) is 0 Å². The van der Waals surface area contributed by atoms with Gasteiger partial charge in [-0.25, -0.2) is 9.97 Å². The summed E-state index contributed by atoms with van der Waals surface area (Å²) in [5, 5.41) is 13.6. The van der Waals surface area contributed by atoms with E-state index in [0.717, 1.165) is 37.2 Å². The normalized spacial score (nSPS) is 18.3. The molecule has 0 unspecified atom stereocenters. The summed E-state index contributed by atoms with van der Waals surface area (Å²) >= 11 is 6.08. The van der Waals surface area contributed by atoms with Crippen molar-refractivity contribution in [3.63, 3.8) is 0 Å². The molecule has 106 valence electrons. The molecular weight excluding hydrogens is 262 g/mol. The lowest BCUT2D eigenvalue weighted by atomic mass is 9.74. The molecule has 0 radical (unpaired) electrons. The summed E-state index contributed by atoms with van der Waals surface area (Å²) in [7, 11) is 0. The van der Waals surface area contributed by atoms with E-state index in [2.05, 4.69) is 15.3 Å². The molecule has 19 heavy (non-hydrogen) atoms. The van der Waals surface area contributed by atoms with Crippen molar-refractivity contribution in [2.24, 2.45) is 5.41 Å². The van der Waals surface area contributed by atoms with Crippen LogP contribution in [0.5, 0.6) is 0 Å². The molecule has 0 saturated heterocycles. The maximum atomic E-state index is 9.70. The van der Waals surface area contributed by atoms with E-state index in [0.29, 0.717) is 5.15 Å². The van der Waals surface area contributed by atoms with Crippen molar-refractivity contribution >= 4 is 17.4 Å². The monoisotopic (exact) mass is 283 g/mol. The summed E-state index contributed by atoms with van der Waals surface area (Å²) in [6, 6.07) is 0. The molecule has 0 amide bonds. The Morgan fingerprint density at radius 2 is 2.05 bits per heavy atom. The molecule has 1 fully saturated rings. The van der Waals surface area contributed by atoms with E-state index in [9.17, 15) is 5.11 Å². The van der Waals surface area contributed by atoms with Gasteiger partial charge in [0.2, 0.25) is 0 Å². The van der Waals surface area contributed by atoms with Crippen molar-refractivity contribution in [3.8, 4) is 0 Å². The Morgan fingerprint density at radius 3 is 2.68 bits per heavy atom. The van der Waals surface area contributed by atoms with Gasteiger partial charge in [0.05, 0.1) is 6.61 Å². The maximum absolute atomic E-state index is 9.70. The lowest BCUT2D eigenvalue weighted by Gasteiger charge is -2.36. The van der Waals surface area contributed by atoms with E-state index in [1.54, 1.807) is 0 Å². The molecule has 1 saturated carbocycles. The minimum absolute atomic E-state index is 0.000682. The minimum Gasteiger partial charge on any atom is -0.396 e. The average molecular weight is 284 g/mol. The van der Waals surface area contributed by atoms with Gasteiger partial charge in [-0.15, -0.1) is 0 Å². The summed E-state index contributed by atoms with van der Waals surface area (Å²) in [5.41, 5.74) is 0.953. The summed E-state index contributed by atoms with van der Waals surface area (Å²) in [4.78, 5) is 8.28. The molecule has 1 aliphatic rings. The molecule has 0 aliphatic heterocycles. The van der Waals surface area contributed by atoms with Gasteiger partial charge in [-0.2, -0.15) is 0 Å². The van der Waals surface area contributed by atoms with Crippen molar-refractivity contribution in [3.05, 3.63) is 17.0 Å². The Kier molecular flexibility index (Phi) is 4.99. The van der Waals surface area contributed by atoms with E-state index in [1.165, 1.54) is 25.6 Å². The number of hydrogen-bond donors (Lipinski definition) is 2. The Labute approximate surface area is 119 Å². The van der Waals surface area contributed by atoms with Gasteiger partial charge in [0, 0.05) is 17.5 Å². The summed E-state index contributed by atoms with van der Waals surface area (Å²) in [6.45, 7) is 3.03. The lowest BCUT2D eigenvalue weighted by Crippen LogP contribution is -2.36. The van der Waals surface area contributed by atoms with Crippen molar-refractivity contribution < 1.29 is 5.11 Å². The van der Waals surface area contributed by atoms with Crippen molar-refractivity contribution in [1.29, 1.82) is 0 Å². The van der Waals surface area contributed by atoms with Gasteiger partial charge in [0.1, 0.15) is 17.3 Å². The molecule has 0 spiro atoms. The number of aliphatic hydroxyl groups excluding tert-OH is 1. The summed E-state index contributed by atoms with van der Waals surface area (Å²) in [5.74, 6) is 0.806. The molecule has 0 bridgehead atoms. The van der Waals surface area contributed by atoms with Gasteiger partial charge in [0.25, 0.3) is 0 Å². The predicted molar refractivity (Wildman–Crippen MR) is 77.5 cm³/mol. The van der Waals surface area contributed by atoms with Crippen LogP contribution in [0.1, 0.15) is 44.6 Å². The van der Waals surface area contributed by atoms with E-state index >= 15 is 0 Å². The van der Waals surface area contributed by atoms with Gasteiger partial charge in [-0.1, -0.05) is 37.8 Å². The van der Waals surface area contributed by atoms with Crippen LogP contribution in [0.15, 0.2) is 6.33 Å². The van der Waals surface area contributed by atoms with Gasteiger partial charge in [-0.3, -0.25) is 0 Å². The van der Waals surface area contributed by atoms with Crippen molar-refractivity contribution in [2.45, 2.75) is 45.4 Å². The molecule has 0 atom stereocenters. The molecule has 1 aromatic rings. The van der Waals surface area contributed by atoms with Crippen molar-refractivity contribution in [1.82, 2.24) is 9.97 Å². The highest BCUT2D eigenvalue weighted by Gasteiger charge is 2.31. The second-order valence-electron chi connectivity index (χ2n) is 5.42. The van der Waals surface area contributed by atoms with Gasteiger partial charge in [0.15, 0.2) is 0 Å². The second-order valence-corrected chi connectivity index (χ2v) is 5.78. The van der Waals surface area contributed by atoms with Crippen LogP contribution in [0.2, 0.25) is 5.15 Å². The first kappa shape index (κ1) is 14.5. The Hall–Kier alpha value is -0.870. The largest absolute Gasteiger partial charge is 0.396 e. The zero-order valence-electron chi connectivity index (χ0n) is 11.5. The highest BCUT2D eigenvalue weighted by molar-refractivity contribution is 6.30. The van der Waals surface area contributed by atoms with Gasteiger partial charge < -0.3 is 10.4 Å². The van der Waals surface area contributed by atoms with E-state index in [-0.39, 0.29) is 12.0 Å². The minimum atomic E-state index is 0.000682. The number of anilines is 1. The third kappa shape index (κ3) is 3.37. The quantitative estimate of drug-likeness (QED) is 0.816. The number of hydrogen-bond acceptors (Lipinski definition) is 4. The summed E-state index contributed by atoms with van der Waals surface area (Å²) < 4.78 is 0. The smallest absolute Gasteiger partial charge is 0.137 e. The Morgan fingerprint density at radius 1 is 1.32 bits per heavy atom. The highest BCUT2D eigenvalue weighted by Crippen LogP contribution is 2.36. The van der Waals surface area contributed by atoms with Gasteiger partial charge >= 0.3 is 0 Å². The molecule has 0 aromatic carbocycles. The third-order valence-electron chi connectivity index (χ3n) is 4.13. The number of halogens is 1. The second kappa shape index (κ2) is 6.53. The highest BCUT2D eigenvalue weighted by atomic mass is 35.5. The molecule has 2 rings (SSSR count). The fourth-order valence-corrected chi connectivity index (χ4v) is 3.09. The Bertz CT molecular complexity index is 419. The molecule has 1 aromatic heterocycles. The number of rotatable bonds is 5. The van der Waals surface area contributed by atoms with E-state index < -0.39 is 0 Å². The molecule has 2 N–H and O–H groups in total. The van der Waals surface area contributed by atoms with Crippen molar-refractivity contribution in [2.75, 3.05) is 18.5 Å². The lowest BCUT2D eigenvalue weighted by molar-refractivity contribution is 0.0943. The molecule has 1 heterocycles. The zero-order chi connectivity index (χ0) is 13.7. The first-order valence-electron chi connectivity index (χ1n) is 7.05. The van der Waals surface area contributed by atoms with Gasteiger partial charge in [-0.05, 0) is 19.3 Å². The van der Waals surface area contributed by atoms with E-state index in [1.807, 2.05) is 6.92 Å². The van der Waals surface area contributed by atoms with Crippen LogP contribution in [0, 0.1) is 5.41 Å². The molecule has 1 aliphatic carbocycles. The van der Waals surface area contributed by atoms with Crippen LogP contribution in [-0.4, -0.2) is 28.2 Å². The fourth-order valence-electron chi connectivity index (χ4n) is 2.82. The predicted octanol–water partition coefficient (Wildman–Crippen LogP) is 3.05. The molecule has 5 heteroatoms. The first-order valence-corrected chi connectivity index (χ1v) is 7.43. The standard InChI is InChI=1S/C14H22ClN3O/c1-2-11-12(15)17-10-18-13(11)16-8-14(9-19)6-4-3-5-7-14/h10,19H,2-9H2,1H3,(H,16,17,18). The van der Waals surface area contributed by atoms with Crippen LogP contribution in [-0.2, 0) is 6.42 Å². The van der Waals surface area contributed by atoms with Crippen LogP contribution >= 0.6 is 11.6 Å². The third-order valence-corrected chi connectivity index (χ3v) is 4.45. The summed E-state index contributed by atoms with van der Waals surface area (Å²) in [6.07, 6.45) is 8.13. The van der Waals surface area contributed by atoms with Crippen LogP contribution in [0.25, 0.3) is 0 Å². The maximum Gasteiger partial charge on any atom is 0.137 e. The number of nitrogens with one attached hydrogen (secondary N) is 1. The number of aliphatic hydroxyl groups is 1. The zero-order valence-corrected chi connectivity index (χ0v) is 12.2. The molecular formula is C14H22ClN3O. The fraction of sp³-hybridized carbons (Fsp3) is 0.714. The number of nitrogens with zero attached hydrogens (tertiary/aromatic N) is 2. The topological polar surface area (TPSA) is 58.0 Å². The SMILES string of the molecule is CCc1c(Cl)ncnc1NCC1(CO)CCCCC1. The molecule has 4 nitrogen and oxygen atoms in total. The first-order chi connectivity index (χ1) is 9.21. The van der Waals surface area contributed by atoms with E-state index in [4.69, 9.17) is 11.6 Å². The van der Waals surface area contributed by atoms with Crippen LogP contribution in [0.4, 0.5) is 5.82 Å². The average Bonchev–Trinajstić information content (AvgIpc) is 2.46. The van der Waals surface area contributed by atoms with Crippen LogP contribution < -0.4 is 5.32 Å². The number of aromatic nitrogens is 2. The Balaban J connectivity index is 2.07.